The quantitative estimate of drug-likeness (QED) is 0.214. The van der Waals surface area contributed by atoms with Crippen LogP contribution in [0.2, 0.25) is 0 Å². The van der Waals surface area contributed by atoms with Crippen molar-refractivity contribution in [2.45, 2.75) is 104 Å². The molecule has 0 aromatic rings. The third-order valence-electron chi connectivity index (χ3n) is 6.04. The molecule has 1 fully saturated rings. The van der Waals surface area contributed by atoms with Gasteiger partial charge in [-0.1, -0.05) is 88.8 Å². The molecule has 0 saturated heterocycles. The van der Waals surface area contributed by atoms with Crippen LogP contribution in [-0.4, -0.2) is 11.1 Å². The van der Waals surface area contributed by atoms with Crippen LogP contribution < -0.4 is 0 Å². The summed E-state index contributed by atoms with van der Waals surface area (Å²) in [5, 5.41) is 9.41. The first-order valence-electron chi connectivity index (χ1n) is 11.9. The van der Waals surface area contributed by atoms with Crippen LogP contribution in [0.15, 0.2) is 36.5 Å². The molecule has 3 atom stereocenters. The van der Waals surface area contributed by atoms with E-state index in [4.69, 9.17) is 0 Å². The summed E-state index contributed by atoms with van der Waals surface area (Å²) in [6.07, 6.45) is 29.7. The van der Waals surface area contributed by atoms with Crippen LogP contribution in [0, 0.1) is 17.8 Å². The Bertz CT molecular complexity index is 475. The second-order valence-corrected chi connectivity index (χ2v) is 8.45. The van der Waals surface area contributed by atoms with Gasteiger partial charge in [0, 0.05) is 0 Å². The fourth-order valence-electron chi connectivity index (χ4n) is 4.22. The maximum absolute atomic E-state index is 11.4. The third kappa shape index (κ3) is 11.5. The second-order valence-electron chi connectivity index (χ2n) is 8.45. The van der Waals surface area contributed by atoms with Gasteiger partial charge >= 0.3 is 5.97 Å². The van der Waals surface area contributed by atoms with Gasteiger partial charge in [0.15, 0.2) is 0 Å². The average Bonchev–Trinajstić information content (AvgIpc) is 3.13. The first-order chi connectivity index (χ1) is 13.7. The van der Waals surface area contributed by atoms with Crippen LogP contribution in [-0.2, 0) is 4.79 Å². The molecule has 1 aliphatic carbocycles. The summed E-state index contributed by atoms with van der Waals surface area (Å²) in [6.45, 7) is 4.40. The first-order valence-corrected chi connectivity index (χ1v) is 11.9. The van der Waals surface area contributed by atoms with Crippen molar-refractivity contribution >= 4 is 5.97 Å². The normalized spacial score (nSPS) is 21.4. The summed E-state index contributed by atoms with van der Waals surface area (Å²) in [5.41, 5.74) is 0. The number of hydrogen-bond donors (Lipinski definition) is 1. The van der Waals surface area contributed by atoms with Gasteiger partial charge in [0.05, 0.1) is 5.92 Å². The summed E-state index contributed by atoms with van der Waals surface area (Å²) >= 11 is 0. The van der Waals surface area contributed by atoms with Crippen LogP contribution in [0.5, 0.6) is 0 Å². The maximum Gasteiger partial charge on any atom is 0.306 e. The Labute approximate surface area is 174 Å². The summed E-state index contributed by atoms with van der Waals surface area (Å²) < 4.78 is 0. The van der Waals surface area contributed by atoms with Crippen molar-refractivity contribution in [3.8, 4) is 0 Å². The molecule has 1 aliphatic rings. The maximum atomic E-state index is 11.4. The fourth-order valence-corrected chi connectivity index (χ4v) is 4.22. The molecule has 0 amide bonds. The van der Waals surface area contributed by atoms with Crippen LogP contribution in [0.25, 0.3) is 0 Å². The van der Waals surface area contributed by atoms with Gasteiger partial charge in [-0.15, -0.1) is 0 Å². The van der Waals surface area contributed by atoms with Gasteiger partial charge in [-0.2, -0.15) is 0 Å². The number of carbonyl (C=O) groups is 1. The van der Waals surface area contributed by atoms with Crippen molar-refractivity contribution in [2.75, 3.05) is 0 Å². The van der Waals surface area contributed by atoms with Gasteiger partial charge in [0.2, 0.25) is 0 Å². The summed E-state index contributed by atoms with van der Waals surface area (Å²) in [5.74, 6) is 0.731. The van der Waals surface area contributed by atoms with Crippen LogP contribution in [0.1, 0.15) is 104 Å². The fraction of sp³-hybridized carbons (Fsp3) is 0.731. The van der Waals surface area contributed by atoms with E-state index in [1.165, 1.54) is 51.4 Å². The molecule has 1 N–H and O–H groups in total. The number of carboxylic acids is 1. The van der Waals surface area contributed by atoms with Gasteiger partial charge in [-0.05, 0) is 63.2 Å². The van der Waals surface area contributed by atoms with E-state index in [2.05, 4.69) is 50.3 Å². The molecule has 0 spiro atoms. The Hall–Kier alpha value is -1.31. The Morgan fingerprint density at radius 3 is 2.50 bits per heavy atom. The van der Waals surface area contributed by atoms with Crippen molar-refractivity contribution in [3.05, 3.63) is 36.5 Å². The molecule has 1 saturated carbocycles. The zero-order chi connectivity index (χ0) is 20.5. The smallest absolute Gasteiger partial charge is 0.306 e. The van der Waals surface area contributed by atoms with E-state index in [1.807, 2.05) is 0 Å². The number of carboxylic acid groups (broad SMARTS) is 1. The number of rotatable bonds is 16. The molecule has 28 heavy (non-hydrogen) atoms. The summed E-state index contributed by atoms with van der Waals surface area (Å²) in [7, 11) is 0. The number of allylic oxidation sites excluding steroid dienone is 6. The third-order valence-corrected chi connectivity index (χ3v) is 6.04. The number of hydrogen-bond acceptors (Lipinski definition) is 1. The topological polar surface area (TPSA) is 37.3 Å². The molecule has 0 radical (unpaired) electrons. The standard InChI is InChI=1S/C26H44O2/c1-3-5-7-9-10-13-17-23-21-16-22-24(23)18-14-11-15-20-25(26(27)28)19-12-8-6-4-2/h7,9,11,13-14,17,23-25H,3-6,8,10,12,15-16,18-22H2,1-2H3,(H,27,28)/t23-,24-,25?/m0/s1. The molecule has 0 heterocycles. The molecular weight excluding hydrogens is 344 g/mol. The van der Waals surface area contributed by atoms with Crippen molar-refractivity contribution in [3.63, 3.8) is 0 Å². The van der Waals surface area contributed by atoms with Gasteiger partial charge in [-0.25, -0.2) is 0 Å². The molecule has 0 aromatic carbocycles. The lowest BCUT2D eigenvalue weighted by atomic mass is 9.91. The molecule has 2 heteroatoms. The Balaban J connectivity index is 2.26. The van der Waals surface area contributed by atoms with E-state index in [1.54, 1.807) is 0 Å². The van der Waals surface area contributed by atoms with E-state index >= 15 is 0 Å². The second kappa shape index (κ2) is 16.6. The highest BCUT2D eigenvalue weighted by molar-refractivity contribution is 5.69. The molecule has 1 unspecified atom stereocenters. The SMILES string of the molecule is CCCC=CCC=C[C@H]1CCC[C@@H]1CC=CCCC(CCCCCC)C(=O)O. The van der Waals surface area contributed by atoms with Crippen molar-refractivity contribution in [1.29, 1.82) is 0 Å². The number of unbranched alkanes of at least 4 members (excludes halogenated alkanes) is 4. The predicted octanol–water partition coefficient (Wildman–Crippen LogP) is 8.10. The molecule has 0 aliphatic heterocycles. The Kier molecular flexibility index (Phi) is 14.7. The van der Waals surface area contributed by atoms with E-state index < -0.39 is 5.97 Å². The monoisotopic (exact) mass is 388 g/mol. The van der Waals surface area contributed by atoms with Gasteiger partial charge in [0.1, 0.15) is 0 Å². The lowest BCUT2D eigenvalue weighted by molar-refractivity contribution is -0.142. The Morgan fingerprint density at radius 1 is 0.929 bits per heavy atom. The van der Waals surface area contributed by atoms with Crippen molar-refractivity contribution in [2.24, 2.45) is 17.8 Å². The van der Waals surface area contributed by atoms with Crippen molar-refractivity contribution in [1.82, 2.24) is 0 Å². The van der Waals surface area contributed by atoms with Crippen LogP contribution in [0.3, 0.4) is 0 Å². The minimum Gasteiger partial charge on any atom is -0.481 e. The molecular formula is C26H44O2. The molecule has 0 bridgehead atoms. The summed E-state index contributed by atoms with van der Waals surface area (Å²) in [6, 6.07) is 0. The number of aliphatic carboxylic acids is 1. The molecule has 1 rings (SSSR count). The van der Waals surface area contributed by atoms with Crippen molar-refractivity contribution < 1.29 is 9.90 Å². The molecule has 2 nitrogen and oxygen atoms in total. The predicted molar refractivity (Wildman–Crippen MR) is 122 cm³/mol. The highest BCUT2D eigenvalue weighted by Gasteiger charge is 2.23. The first kappa shape index (κ1) is 24.7. The molecule has 0 aromatic heterocycles. The van der Waals surface area contributed by atoms with Gasteiger partial charge in [-0.3, -0.25) is 4.79 Å². The van der Waals surface area contributed by atoms with Gasteiger partial charge in [0.25, 0.3) is 0 Å². The van der Waals surface area contributed by atoms with E-state index in [-0.39, 0.29) is 5.92 Å². The Morgan fingerprint density at radius 2 is 1.75 bits per heavy atom. The largest absolute Gasteiger partial charge is 0.481 e. The average molecular weight is 389 g/mol. The lowest BCUT2D eigenvalue weighted by Gasteiger charge is -2.14. The van der Waals surface area contributed by atoms with Gasteiger partial charge < -0.3 is 5.11 Å². The van der Waals surface area contributed by atoms with E-state index in [0.717, 1.165) is 50.4 Å². The summed E-state index contributed by atoms with van der Waals surface area (Å²) in [4.78, 5) is 11.4. The van der Waals surface area contributed by atoms with Crippen LogP contribution in [0.4, 0.5) is 0 Å². The van der Waals surface area contributed by atoms with Crippen LogP contribution >= 0.6 is 0 Å². The molecule has 160 valence electrons. The minimum absolute atomic E-state index is 0.163. The highest BCUT2D eigenvalue weighted by atomic mass is 16.4. The zero-order valence-electron chi connectivity index (χ0n) is 18.5. The minimum atomic E-state index is -0.612. The zero-order valence-corrected chi connectivity index (χ0v) is 18.5. The van der Waals surface area contributed by atoms with E-state index in [0.29, 0.717) is 0 Å². The van der Waals surface area contributed by atoms with E-state index in [9.17, 15) is 9.90 Å². The lowest BCUT2D eigenvalue weighted by Crippen LogP contribution is -2.13. The highest BCUT2D eigenvalue weighted by Crippen LogP contribution is 2.35.